The maximum Gasteiger partial charge on any atom is 0.340 e. The number of benzene rings is 1. The molecular weight excluding hydrogens is 328 g/mol. The van der Waals surface area contributed by atoms with Crippen molar-refractivity contribution in [1.82, 2.24) is 10.2 Å². The van der Waals surface area contributed by atoms with E-state index in [1.165, 1.54) is 16.7 Å². The summed E-state index contributed by atoms with van der Waals surface area (Å²) in [6.45, 7) is 1.56. The number of hydrogen-bond donors (Lipinski definition) is 1. The van der Waals surface area contributed by atoms with Crippen LogP contribution in [0.4, 0.5) is 0 Å². The number of thioether (sulfide) groups is 1. The maximum atomic E-state index is 12.3. The SMILES string of the molecule is C[C@H](OC(=O)c1ccccc1SCC(=O)N(C)C)C(=O)NC1CC1. The van der Waals surface area contributed by atoms with E-state index in [4.69, 9.17) is 4.74 Å². The Balaban J connectivity index is 1.97. The molecule has 24 heavy (non-hydrogen) atoms. The van der Waals surface area contributed by atoms with Gasteiger partial charge in [-0.2, -0.15) is 0 Å². The number of amides is 2. The van der Waals surface area contributed by atoms with Crippen molar-refractivity contribution in [2.45, 2.75) is 36.8 Å². The minimum absolute atomic E-state index is 0.0413. The lowest BCUT2D eigenvalue weighted by Crippen LogP contribution is -2.37. The molecule has 0 aromatic heterocycles. The molecule has 1 N–H and O–H groups in total. The molecule has 0 heterocycles. The van der Waals surface area contributed by atoms with Crippen LogP contribution in [0.5, 0.6) is 0 Å². The van der Waals surface area contributed by atoms with Crippen LogP contribution in [0.2, 0.25) is 0 Å². The molecule has 2 rings (SSSR count). The summed E-state index contributed by atoms with van der Waals surface area (Å²) in [6.07, 6.45) is 1.11. The van der Waals surface area contributed by atoms with E-state index >= 15 is 0 Å². The molecule has 7 heteroatoms. The minimum Gasteiger partial charge on any atom is -0.449 e. The van der Waals surface area contributed by atoms with Crippen LogP contribution in [0.1, 0.15) is 30.1 Å². The molecule has 0 bridgehead atoms. The van der Waals surface area contributed by atoms with Gasteiger partial charge in [0, 0.05) is 25.0 Å². The van der Waals surface area contributed by atoms with E-state index in [0.717, 1.165) is 12.8 Å². The van der Waals surface area contributed by atoms with Crippen molar-refractivity contribution < 1.29 is 19.1 Å². The number of rotatable bonds is 7. The second-order valence-corrected chi connectivity index (χ2v) is 6.92. The van der Waals surface area contributed by atoms with Crippen molar-refractivity contribution in [2.24, 2.45) is 0 Å². The summed E-state index contributed by atoms with van der Waals surface area (Å²) in [7, 11) is 3.37. The van der Waals surface area contributed by atoms with Crippen LogP contribution >= 0.6 is 11.8 Å². The summed E-state index contributed by atoms with van der Waals surface area (Å²) in [4.78, 5) is 38.1. The number of nitrogens with one attached hydrogen (secondary N) is 1. The first-order chi connectivity index (χ1) is 11.4. The monoisotopic (exact) mass is 350 g/mol. The molecule has 0 radical (unpaired) electrons. The number of carbonyl (C=O) groups excluding carboxylic acids is 3. The third-order valence-electron chi connectivity index (χ3n) is 3.53. The molecular formula is C17H22N2O4S. The highest BCUT2D eigenvalue weighted by Crippen LogP contribution is 2.24. The molecule has 1 aromatic carbocycles. The fraction of sp³-hybridized carbons (Fsp3) is 0.471. The molecule has 0 unspecified atom stereocenters. The summed E-state index contributed by atoms with van der Waals surface area (Å²) in [5.41, 5.74) is 0.361. The molecule has 1 atom stereocenters. The Hall–Kier alpha value is -2.02. The van der Waals surface area contributed by atoms with E-state index in [2.05, 4.69) is 5.32 Å². The highest BCUT2D eigenvalue weighted by Gasteiger charge is 2.27. The van der Waals surface area contributed by atoms with E-state index in [9.17, 15) is 14.4 Å². The van der Waals surface area contributed by atoms with Crippen molar-refractivity contribution in [3.8, 4) is 0 Å². The van der Waals surface area contributed by atoms with E-state index in [1.807, 2.05) is 0 Å². The van der Waals surface area contributed by atoms with Crippen LogP contribution in [0.15, 0.2) is 29.2 Å². The third kappa shape index (κ3) is 5.26. The second-order valence-electron chi connectivity index (χ2n) is 5.90. The van der Waals surface area contributed by atoms with Gasteiger partial charge in [0.2, 0.25) is 5.91 Å². The van der Waals surface area contributed by atoms with Gasteiger partial charge in [-0.3, -0.25) is 9.59 Å². The Morgan fingerprint density at radius 1 is 1.29 bits per heavy atom. The predicted molar refractivity (Wildman–Crippen MR) is 91.9 cm³/mol. The van der Waals surface area contributed by atoms with Gasteiger partial charge in [-0.25, -0.2) is 4.79 Å². The first-order valence-electron chi connectivity index (χ1n) is 7.82. The van der Waals surface area contributed by atoms with E-state index in [-0.39, 0.29) is 23.6 Å². The van der Waals surface area contributed by atoms with Crippen molar-refractivity contribution in [1.29, 1.82) is 0 Å². The maximum absolute atomic E-state index is 12.3. The van der Waals surface area contributed by atoms with Gasteiger partial charge >= 0.3 is 5.97 Å². The molecule has 1 aromatic rings. The molecule has 1 aliphatic rings. The van der Waals surface area contributed by atoms with Gasteiger partial charge in [0.05, 0.1) is 11.3 Å². The Morgan fingerprint density at radius 2 is 1.96 bits per heavy atom. The van der Waals surface area contributed by atoms with Gasteiger partial charge in [0.1, 0.15) is 0 Å². The number of hydrogen-bond acceptors (Lipinski definition) is 5. The number of ether oxygens (including phenoxy) is 1. The standard InChI is InChI=1S/C17H22N2O4S/c1-11(16(21)18-12-8-9-12)23-17(22)13-6-4-5-7-14(13)24-10-15(20)19(2)3/h4-7,11-12H,8-10H2,1-3H3,(H,18,21)/t11-/m0/s1. The fourth-order valence-corrected chi connectivity index (χ4v) is 2.87. The summed E-state index contributed by atoms with van der Waals surface area (Å²) >= 11 is 1.28. The van der Waals surface area contributed by atoms with Crippen LogP contribution in [0.3, 0.4) is 0 Å². The van der Waals surface area contributed by atoms with Gasteiger partial charge in [-0.1, -0.05) is 12.1 Å². The normalized spacial score (nSPS) is 14.6. The summed E-state index contributed by atoms with van der Waals surface area (Å²) in [5, 5.41) is 2.81. The smallest absolute Gasteiger partial charge is 0.340 e. The summed E-state index contributed by atoms with van der Waals surface area (Å²) < 4.78 is 5.26. The predicted octanol–water partition coefficient (Wildman–Crippen LogP) is 1.69. The number of nitrogens with zero attached hydrogens (tertiary/aromatic N) is 1. The summed E-state index contributed by atoms with van der Waals surface area (Å²) in [6, 6.07) is 7.14. The van der Waals surface area contributed by atoms with Crippen molar-refractivity contribution in [3.05, 3.63) is 29.8 Å². The molecule has 1 fully saturated rings. The van der Waals surface area contributed by atoms with Crippen LogP contribution in [-0.2, 0) is 14.3 Å². The highest BCUT2D eigenvalue weighted by atomic mass is 32.2. The van der Waals surface area contributed by atoms with Crippen LogP contribution in [0.25, 0.3) is 0 Å². The van der Waals surface area contributed by atoms with E-state index in [1.54, 1.807) is 45.3 Å². The molecule has 2 amide bonds. The van der Waals surface area contributed by atoms with Gasteiger partial charge in [0.15, 0.2) is 6.10 Å². The molecule has 6 nitrogen and oxygen atoms in total. The molecule has 0 saturated heterocycles. The minimum atomic E-state index is -0.848. The molecule has 130 valence electrons. The zero-order valence-corrected chi connectivity index (χ0v) is 14.9. The zero-order valence-electron chi connectivity index (χ0n) is 14.1. The van der Waals surface area contributed by atoms with Crippen LogP contribution in [0, 0.1) is 0 Å². The van der Waals surface area contributed by atoms with Crippen molar-refractivity contribution in [3.63, 3.8) is 0 Å². The van der Waals surface area contributed by atoms with Crippen molar-refractivity contribution in [2.75, 3.05) is 19.8 Å². The fourth-order valence-electron chi connectivity index (χ4n) is 1.85. The number of carbonyl (C=O) groups is 3. The van der Waals surface area contributed by atoms with Gasteiger partial charge in [0.25, 0.3) is 5.91 Å². The molecule has 0 aliphatic heterocycles. The Morgan fingerprint density at radius 3 is 2.58 bits per heavy atom. The largest absolute Gasteiger partial charge is 0.449 e. The highest BCUT2D eigenvalue weighted by molar-refractivity contribution is 8.00. The Kier molecular flexibility index (Phi) is 6.25. The lowest BCUT2D eigenvalue weighted by Gasteiger charge is -2.15. The summed E-state index contributed by atoms with van der Waals surface area (Å²) in [5.74, 6) is -0.650. The van der Waals surface area contributed by atoms with Gasteiger partial charge in [-0.05, 0) is 31.9 Å². The van der Waals surface area contributed by atoms with Crippen LogP contribution in [-0.4, -0.2) is 54.7 Å². The second kappa shape index (κ2) is 8.19. The number of esters is 1. The van der Waals surface area contributed by atoms with Crippen LogP contribution < -0.4 is 5.32 Å². The average molecular weight is 350 g/mol. The lowest BCUT2D eigenvalue weighted by atomic mass is 10.2. The van der Waals surface area contributed by atoms with Gasteiger partial charge < -0.3 is 15.0 Å². The van der Waals surface area contributed by atoms with Crippen molar-refractivity contribution >= 4 is 29.5 Å². The first kappa shape index (κ1) is 18.3. The molecule has 1 saturated carbocycles. The van der Waals surface area contributed by atoms with E-state index in [0.29, 0.717) is 10.5 Å². The quantitative estimate of drug-likeness (QED) is 0.598. The molecule has 1 aliphatic carbocycles. The first-order valence-corrected chi connectivity index (χ1v) is 8.80. The molecule has 0 spiro atoms. The third-order valence-corrected chi connectivity index (χ3v) is 4.59. The lowest BCUT2D eigenvalue weighted by molar-refractivity contribution is -0.129. The average Bonchev–Trinajstić information content (AvgIpc) is 3.36. The Bertz CT molecular complexity index is 629. The zero-order chi connectivity index (χ0) is 17.7. The van der Waals surface area contributed by atoms with Gasteiger partial charge in [-0.15, -0.1) is 11.8 Å². The van der Waals surface area contributed by atoms with E-state index < -0.39 is 12.1 Å². The topological polar surface area (TPSA) is 75.7 Å². The Labute approximate surface area is 145 Å².